The monoisotopic (exact) mass is 189 g/mol. The Bertz CT molecular complexity index is 186. The van der Waals surface area contributed by atoms with Crippen molar-refractivity contribution in [2.24, 2.45) is 5.73 Å². The SMILES string of the molecule is CC(N)CNC(=O)[C@@H]1C[C@@H](F)CN1. The Morgan fingerprint density at radius 3 is 3.00 bits per heavy atom. The van der Waals surface area contributed by atoms with Crippen molar-refractivity contribution in [1.29, 1.82) is 0 Å². The van der Waals surface area contributed by atoms with Crippen LogP contribution in [0.25, 0.3) is 0 Å². The number of rotatable bonds is 3. The van der Waals surface area contributed by atoms with Crippen molar-refractivity contribution < 1.29 is 9.18 Å². The molecule has 0 aromatic heterocycles. The Kier molecular flexibility index (Phi) is 3.62. The lowest BCUT2D eigenvalue weighted by atomic mass is 10.2. The van der Waals surface area contributed by atoms with E-state index in [2.05, 4.69) is 10.6 Å². The van der Waals surface area contributed by atoms with Gasteiger partial charge in [-0.3, -0.25) is 4.79 Å². The highest BCUT2D eigenvalue weighted by Crippen LogP contribution is 2.09. The van der Waals surface area contributed by atoms with Gasteiger partial charge in [0.2, 0.25) is 5.91 Å². The van der Waals surface area contributed by atoms with Gasteiger partial charge in [0, 0.05) is 25.6 Å². The minimum atomic E-state index is -0.897. The van der Waals surface area contributed by atoms with E-state index in [1.165, 1.54) is 0 Å². The second-order valence-corrected chi connectivity index (χ2v) is 3.52. The van der Waals surface area contributed by atoms with E-state index in [-0.39, 0.29) is 31.0 Å². The van der Waals surface area contributed by atoms with Gasteiger partial charge in [-0.2, -0.15) is 0 Å². The molecule has 0 saturated carbocycles. The molecule has 1 amide bonds. The lowest BCUT2D eigenvalue weighted by molar-refractivity contribution is -0.122. The second kappa shape index (κ2) is 4.53. The van der Waals surface area contributed by atoms with Gasteiger partial charge in [0.1, 0.15) is 6.17 Å². The van der Waals surface area contributed by atoms with Crippen molar-refractivity contribution in [3.8, 4) is 0 Å². The summed E-state index contributed by atoms with van der Waals surface area (Å²) in [5.41, 5.74) is 5.46. The van der Waals surface area contributed by atoms with Crippen molar-refractivity contribution in [3.63, 3.8) is 0 Å². The molecule has 1 rings (SSSR count). The summed E-state index contributed by atoms with van der Waals surface area (Å²) in [6, 6.07) is -0.444. The van der Waals surface area contributed by atoms with E-state index in [1.54, 1.807) is 6.92 Å². The summed E-state index contributed by atoms with van der Waals surface area (Å²) >= 11 is 0. The highest BCUT2D eigenvalue weighted by molar-refractivity contribution is 5.82. The highest BCUT2D eigenvalue weighted by Gasteiger charge is 2.28. The standard InChI is InChI=1S/C8H16FN3O/c1-5(10)3-12-8(13)7-2-6(9)4-11-7/h5-7,11H,2-4,10H2,1H3,(H,12,13)/t5?,6-,7+/m1/s1. The molecule has 4 nitrogen and oxygen atoms in total. The van der Waals surface area contributed by atoms with E-state index in [4.69, 9.17) is 5.73 Å². The molecule has 1 unspecified atom stereocenters. The third-order valence-electron chi connectivity index (χ3n) is 1.99. The lowest BCUT2D eigenvalue weighted by Crippen LogP contribution is -2.44. The molecule has 3 atom stereocenters. The number of hydrogen-bond acceptors (Lipinski definition) is 3. The minimum Gasteiger partial charge on any atom is -0.353 e. The predicted molar refractivity (Wildman–Crippen MR) is 48.0 cm³/mol. The number of alkyl halides is 1. The zero-order valence-electron chi connectivity index (χ0n) is 7.72. The van der Waals surface area contributed by atoms with Crippen molar-refractivity contribution in [2.45, 2.75) is 31.6 Å². The number of amides is 1. The summed E-state index contributed by atoms with van der Waals surface area (Å²) in [5, 5.41) is 5.45. The number of carbonyl (C=O) groups excluding carboxylic acids is 1. The normalized spacial score (nSPS) is 30.1. The molecular formula is C8H16FN3O. The highest BCUT2D eigenvalue weighted by atomic mass is 19.1. The minimum absolute atomic E-state index is 0.0634. The van der Waals surface area contributed by atoms with Gasteiger partial charge in [-0.05, 0) is 6.92 Å². The molecule has 0 aromatic rings. The van der Waals surface area contributed by atoms with Gasteiger partial charge in [-0.1, -0.05) is 0 Å². The van der Waals surface area contributed by atoms with E-state index in [0.717, 1.165) is 0 Å². The molecular weight excluding hydrogens is 173 g/mol. The fraction of sp³-hybridized carbons (Fsp3) is 0.875. The van der Waals surface area contributed by atoms with Gasteiger partial charge in [0.25, 0.3) is 0 Å². The third kappa shape index (κ3) is 3.28. The molecule has 4 N–H and O–H groups in total. The number of halogens is 1. The molecule has 0 radical (unpaired) electrons. The first kappa shape index (κ1) is 10.4. The van der Waals surface area contributed by atoms with Crippen LogP contribution in [0, 0.1) is 0 Å². The maximum Gasteiger partial charge on any atom is 0.237 e. The molecule has 0 aromatic carbocycles. The predicted octanol–water partition coefficient (Wildman–Crippen LogP) is -0.850. The van der Waals surface area contributed by atoms with Crippen molar-refractivity contribution in [2.75, 3.05) is 13.1 Å². The number of hydrogen-bond donors (Lipinski definition) is 3. The average Bonchev–Trinajstić information content (AvgIpc) is 2.47. The van der Waals surface area contributed by atoms with Gasteiger partial charge in [-0.25, -0.2) is 4.39 Å². The van der Waals surface area contributed by atoms with E-state index >= 15 is 0 Å². The number of nitrogens with one attached hydrogen (secondary N) is 2. The quantitative estimate of drug-likeness (QED) is 0.542. The lowest BCUT2D eigenvalue weighted by Gasteiger charge is -2.12. The van der Waals surface area contributed by atoms with Crippen LogP contribution < -0.4 is 16.4 Å². The molecule has 1 heterocycles. The van der Waals surface area contributed by atoms with Gasteiger partial charge < -0.3 is 16.4 Å². The van der Waals surface area contributed by atoms with Gasteiger partial charge in [-0.15, -0.1) is 0 Å². The first-order valence-electron chi connectivity index (χ1n) is 4.50. The molecule has 5 heteroatoms. The van der Waals surface area contributed by atoms with Gasteiger partial charge >= 0.3 is 0 Å². The molecule has 76 valence electrons. The van der Waals surface area contributed by atoms with Gasteiger partial charge in [0.05, 0.1) is 6.04 Å². The Labute approximate surface area is 77.1 Å². The summed E-state index contributed by atoms with van der Waals surface area (Å²) in [6.07, 6.45) is -0.629. The van der Waals surface area contributed by atoms with Crippen LogP contribution in [0.4, 0.5) is 4.39 Å². The largest absolute Gasteiger partial charge is 0.353 e. The smallest absolute Gasteiger partial charge is 0.237 e. The van der Waals surface area contributed by atoms with Gasteiger partial charge in [0.15, 0.2) is 0 Å². The zero-order chi connectivity index (χ0) is 9.84. The molecule has 0 spiro atoms. The van der Waals surface area contributed by atoms with Crippen LogP contribution in [0.1, 0.15) is 13.3 Å². The third-order valence-corrected chi connectivity index (χ3v) is 1.99. The Hall–Kier alpha value is -0.680. The van der Waals surface area contributed by atoms with Crippen LogP contribution in [0.5, 0.6) is 0 Å². The van der Waals surface area contributed by atoms with Crippen molar-refractivity contribution >= 4 is 5.91 Å². The number of carbonyl (C=O) groups is 1. The maximum atomic E-state index is 12.7. The van der Waals surface area contributed by atoms with E-state index in [1.807, 2.05) is 0 Å². The van der Waals surface area contributed by atoms with Crippen LogP contribution in [-0.4, -0.2) is 37.3 Å². The molecule has 0 bridgehead atoms. The van der Waals surface area contributed by atoms with E-state index in [9.17, 15) is 9.18 Å². The number of nitrogens with two attached hydrogens (primary N) is 1. The molecule has 1 aliphatic heterocycles. The van der Waals surface area contributed by atoms with E-state index in [0.29, 0.717) is 6.54 Å². The first-order chi connectivity index (χ1) is 6.09. The fourth-order valence-corrected chi connectivity index (χ4v) is 1.28. The Morgan fingerprint density at radius 2 is 2.54 bits per heavy atom. The fourth-order valence-electron chi connectivity index (χ4n) is 1.28. The van der Waals surface area contributed by atoms with Crippen LogP contribution in [0.2, 0.25) is 0 Å². The topological polar surface area (TPSA) is 67.1 Å². The molecule has 0 aliphatic carbocycles. The Morgan fingerprint density at radius 1 is 1.85 bits per heavy atom. The molecule has 1 fully saturated rings. The maximum absolute atomic E-state index is 12.7. The van der Waals surface area contributed by atoms with Crippen LogP contribution in [0.3, 0.4) is 0 Å². The molecule has 1 saturated heterocycles. The summed E-state index contributed by atoms with van der Waals surface area (Å²) in [7, 11) is 0. The second-order valence-electron chi connectivity index (χ2n) is 3.52. The average molecular weight is 189 g/mol. The van der Waals surface area contributed by atoms with Crippen molar-refractivity contribution in [3.05, 3.63) is 0 Å². The Balaban J connectivity index is 2.24. The summed E-state index contributed by atoms with van der Waals surface area (Å²) in [6.45, 7) is 2.52. The summed E-state index contributed by atoms with van der Waals surface area (Å²) in [4.78, 5) is 11.3. The van der Waals surface area contributed by atoms with Crippen LogP contribution in [0.15, 0.2) is 0 Å². The van der Waals surface area contributed by atoms with Crippen LogP contribution >= 0.6 is 0 Å². The first-order valence-corrected chi connectivity index (χ1v) is 4.50. The molecule has 13 heavy (non-hydrogen) atoms. The molecule has 1 aliphatic rings. The summed E-state index contributed by atoms with van der Waals surface area (Å²) < 4.78 is 12.7. The van der Waals surface area contributed by atoms with Crippen LogP contribution in [-0.2, 0) is 4.79 Å². The summed E-state index contributed by atoms with van der Waals surface area (Å²) in [5.74, 6) is -0.155. The zero-order valence-corrected chi connectivity index (χ0v) is 7.72. The van der Waals surface area contributed by atoms with E-state index < -0.39 is 6.17 Å². The van der Waals surface area contributed by atoms with Crippen molar-refractivity contribution in [1.82, 2.24) is 10.6 Å².